The second-order valence-electron chi connectivity index (χ2n) is 3.51. The molecule has 0 amide bonds. The van der Waals surface area contributed by atoms with Crippen molar-refractivity contribution in [1.29, 1.82) is 0 Å². The van der Waals surface area contributed by atoms with E-state index >= 15 is 0 Å². The quantitative estimate of drug-likeness (QED) is 0.912. The average molecular weight is 258 g/mol. The largest absolute Gasteiger partial charge is 0.480 e. The summed E-state index contributed by atoms with van der Waals surface area (Å²) in [5, 5.41) is 6.43. The number of halogens is 3. The molecule has 96 valence electrons. The molecule has 8 heteroatoms. The Bertz CT molecular complexity index is 521. The summed E-state index contributed by atoms with van der Waals surface area (Å²) in [6.07, 6.45) is -0.287. The SMILES string of the molecule is COc1n[nH]cc1Cc1cnc(C(F)(F)F)nc1. The van der Waals surface area contributed by atoms with E-state index in [0.717, 1.165) is 18.0 Å². The van der Waals surface area contributed by atoms with Crippen LogP contribution in [0.5, 0.6) is 5.88 Å². The summed E-state index contributed by atoms with van der Waals surface area (Å²) in [5.74, 6) is -0.750. The Hall–Kier alpha value is -2.12. The molecule has 0 aliphatic rings. The molecule has 0 bridgehead atoms. The van der Waals surface area contributed by atoms with Crippen LogP contribution in [-0.4, -0.2) is 27.3 Å². The van der Waals surface area contributed by atoms with E-state index in [1.54, 1.807) is 6.20 Å². The van der Waals surface area contributed by atoms with Crippen molar-refractivity contribution in [2.45, 2.75) is 12.6 Å². The van der Waals surface area contributed by atoms with Crippen LogP contribution in [0, 0.1) is 0 Å². The summed E-state index contributed by atoms with van der Waals surface area (Å²) in [5.41, 5.74) is 1.27. The fraction of sp³-hybridized carbons (Fsp3) is 0.300. The molecule has 18 heavy (non-hydrogen) atoms. The molecular weight excluding hydrogens is 249 g/mol. The Labute approximate surface area is 100 Å². The number of H-pyrrole nitrogens is 1. The van der Waals surface area contributed by atoms with Gasteiger partial charge in [0.25, 0.3) is 0 Å². The maximum Gasteiger partial charge on any atom is 0.451 e. The number of aromatic amines is 1. The van der Waals surface area contributed by atoms with Crippen LogP contribution in [0.1, 0.15) is 17.0 Å². The van der Waals surface area contributed by atoms with Crippen molar-refractivity contribution in [3.05, 3.63) is 35.5 Å². The third-order valence-electron chi connectivity index (χ3n) is 2.23. The molecule has 0 saturated carbocycles. The van der Waals surface area contributed by atoms with Crippen molar-refractivity contribution in [3.63, 3.8) is 0 Å². The molecule has 2 rings (SSSR count). The molecule has 5 nitrogen and oxygen atoms in total. The minimum Gasteiger partial charge on any atom is -0.480 e. The Morgan fingerprint density at radius 1 is 1.28 bits per heavy atom. The van der Waals surface area contributed by atoms with Crippen molar-refractivity contribution in [2.24, 2.45) is 0 Å². The lowest BCUT2D eigenvalue weighted by molar-refractivity contribution is -0.145. The van der Waals surface area contributed by atoms with E-state index in [-0.39, 0.29) is 0 Å². The van der Waals surface area contributed by atoms with Gasteiger partial charge in [0.05, 0.1) is 7.11 Å². The van der Waals surface area contributed by atoms with Gasteiger partial charge in [-0.1, -0.05) is 0 Å². The van der Waals surface area contributed by atoms with E-state index in [4.69, 9.17) is 4.74 Å². The molecule has 2 heterocycles. The van der Waals surface area contributed by atoms with E-state index in [1.807, 2.05) is 0 Å². The van der Waals surface area contributed by atoms with E-state index in [2.05, 4.69) is 20.2 Å². The highest BCUT2D eigenvalue weighted by atomic mass is 19.4. The van der Waals surface area contributed by atoms with Crippen molar-refractivity contribution in [3.8, 4) is 5.88 Å². The molecule has 1 N–H and O–H groups in total. The van der Waals surface area contributed by atoms with Crippen LogP contribution in [0.3, 0.4) is 0 Å². The van der Waals surface area contributed by atoms with Crippen LogP contribution in [0.25, 0.3) is 0 Å². The van der Waals surface area contributed by atoms with Crippen LogP contribution >= 0.6 is 0 Å². The van der Waals surface area contributed by atoms with Crippen molar-refractivity contribution in [2.75, 3.05) is 7.11 Å². The van der Waals surface area contributed by atoms with Gasteiger partial charge < -0.3 is 4.74 Å². The number of nitrogens with one attached hydrogen (secondary N) is 1. The zero-order valence-electron chi connectivity index (χ0n) is 9.32. The van der Waals surface area contributed by atoms with Gasteiger partial charge in [-0.2, -0.15) is 13.2 Å². The van der Waals surface area contributed by atoms with Crippen molar-refractivity contribution < 1.29 is 17.9 Å². The fourth-order valence-corrected chi connectivity index (χ4v) is 1.42. The number of alkyl halides is 3. The van der Waals surface area contributed by atoms with Crippen LogP contribution < -0.4 is 4.74 Å². The van der Waals surface area contributed by atoms with Gasteiger partial charge in [0.1, 0.15) is 0 Å². The molecule has 0 fully saturated rings. The lowest BCUT2D eigenvalue weighted by Gasteiger charge is -2.05. The van der Waals surface area contributed by atoms with Gasteiger partial charge >= 0.3 is 6.18 Å². The molecule has 2 aromatic rings. The second-order valence-corrected chi connectivity index (χ2v) is 3.51. The Kier molecular flexibility index (Phi) is 3.17. The first-order chi connectivity index (χ1) is 8.50. The third kappa shape index (κ3) is 2.58. The molecule has 0 aromatic carbocycles. The van der Waals surface area contributed by atoms with Crippen molar-refractivity contribution >= 4 is 0 Å². The predicted molar refractivity (Wildman–Crippen MR) is 55.0 cm³/mol. The molecule has 0 aliphatic heterocycles. The average Bonchev–Trinajstić information content (AvgIpc) is 2.76. The van der Waals surface area contributed by atoms with Crippen LogP contribution in [-0.2, 0) is 12.6 Å². The monoisotopic (exact) mass is 258 g/mol. The summed E-state index contributed by atoms with van der Waals surface area (Å²) in [7, 11) is 1.46. The smallest absolute Gasteiger partial charge is 0.451 e. The Morgan fingerprint density at radius 2 is 1.94 bits per heavy atom. The number of hydrogen-bond donors (Lipinski definition) is 1. The van der Waals surface area contributed by atoms with E-state index in [9.17, 15) is 13.2 Å². The highest BCUT2D eigenvalue weighted by Gasteiger charge is 2.34. The third-order valence-corrected chi connectivity index (χ3v) is 2.23. The molecule has 0 saturated heterocycles. The van der Waals surface area contributed by atoms with Crippen molar-refractivity contribution in [1.82, 2.24) is 20.2 Å². The molecule has 0 spiro atoms. The zero-order valence-corrected chi connectivity index (χ0v) is 9.32. The molecular formula is C10H9F3N4O. The van der Waals surface area contributed by atoms with Gasteiger partial charge in [0.15, 0.2) is 0 Å². The van der Waals surface area contributed by atoms with E-state index in [0.29, 0.717) is 17.9 Å². The minimum absolute atomic E-state index is 0.345. The van der Waals surface area contributed by atoms with E-state index in [1.165, 1.54) is 7.11 Å². The molecule has 0 radical (unpaired) electrons. The van der Waals surface area contributed by atoms with Crippen LogP contribution in [0.15, 0.2) is 18.6 Å². The lowest BCUT2D eigenvalue weighted by Crippen LogP contribution is -2.10. The minimum atomic E-state index is -4.52. The summed E-state index contributed by atoms with van der Waals surface area (Å²) in [6, 6.07) is 0. The molecule has 2 aromatic heterocycles. The van der Waals surface area contributed by atoms with Gasteiger partial charge in [-0.15, -0.1) is 5.10 Å². The Balaban J connectivity index is 2.16. The predicted octanol–water partition coefficient (Wildman–Crippen LogP) is 1.82. The zero-order chi connectivity index (χ0) is 13.2. The molecule has 0 unspecified atom stereocenters. The molecule has 0 atom stereocenters. The fourth-order valence-electron chi connectivity index (χ4n) is 1.42. The maximum absolute atomic E-state index is 12.3. The van der Waals surface area contributed by atoms with Crippen LogP contribution in [0.2, 0.25) is 0 Å². The number of rotatable bonds is 3. The second kappa shape index (κ2) is 4.63. The van der Waals surface area contributed by atoms with Gasteiger partial charge in [-0.3, -0.25) is 5.10 Å². The van der Waals surface area contributed by atoms with Gasteiger partial charge in [0.2, 0.25) is 11.7 Å². The lowest BCUT2D eigenvalue weighted by atomic mass is 10.1. The topological polar surface area (TPSA) is 63.7 Å². The van der Waals surface area contributed by atoms with E-state index < -0.39 is 12.0 Å². The summed E-state index contributed by atoms with van der Waals surface area (Å²) in [4.78, 5) is 6.56. The number of methoxy groups -OCH3 is 1. The van der Waals surface area contributed by atoms with Gasteiger partial charge in [-0.05, 0) is 5.56 Å². The van der Waals surface area contributed by atoms with Crippen LogP contribution in [0.4, 0.5) is 13.2 Å². The first kappa shape index (κ1) is 12.3. The van der Waals surface area contributed by atoms with Gasteiger partial charge in [-0.25, -0.2) is 9.97 Å². The summed E-state index contributed by atoms with van der Waals surface area (Å²) in [6.45, 7) is 0. The summed E-state index contributed by atoms with van der Waals surface area (Å²) >= 11 is 0. The maximum atomic E-state index is 12.3. The first-order valence-corrected chi connectivity index (χ1v) is 4.95. The highest BCUT2D eigenvalue weighted by Crippen LogP contribution is 2.25. The number of nitrogens with zero attached hydrogens (tertiary/aromatic N) is 3. The highest BCUT2D eigenvalue weighted by molar-refractivity contribution is 5.28. The molecule has 0 aliphatic carbocycles. The van der Waals surface area contributed by atoms with Gasteiger partial charge in [0, 0.05) is 30.6 Å². The number of hydrogen-bond acceptors (Lipinski definition) is 4. The summed E-state index contributed by atoms with van der Waals surface area (Å²) < 4.78 is 41.7. The number of aromatic nitrogens is 4. The normalized spacial score (nSPS) is 11.6. The first-order valence-electron chi connectivity index (χ1n) is 4.95. The standard InChI is InChI=1S/C10H9F3N4O/c1-18-8-7(5-16-17-8)2-6-3-14-9(15-4-6)10(11,12)13/h3-5H,2H2,1H3,(H,16,17). The number of ether oxygens (including phenoxy) is 1. The Morgan fingerprint density at radius 3 is 2.50 bits per heavy atom.